The molecular formula is C14H15N5O. The standard InChI is InChI=1S/C14H15N5O/c20-12-7-9-3-4-11-10(13(9)18-17-12)8-15-14(16-11)19-5-1-2-6-19/h7-8H,1-6H2,(H,17,20). The van der Waals surface area contributed by atoms with Crippen LogP contribution in [0.2, 0.25) is 0 Å². The number of fused-ring (bicyclic) bond motifs is 3. The number of aromatic amines is 1. The number of nitrogens with zero attached hydrogens (tertiary/aromatic N) is 4. The van der Waals surface area contributed by atoms with Crippen LogP contribution >= 0.6 is 0 Å². The topological polar surface area (TPSA) is 74.8 Å². The normalized spacial score (nSPS) is 16.9. The van der Waals surface area contributed by atoms with Crippen LogP contribution in [-0.4, -0.2) is 33.3 Å². The Morgan fingerprint density at radius 1 is 1.20 bits per heavy atom. The van der Waals surface area contributed by atoms with Gasteiger partial charge < -0.3 is 4.90 Å². The monoisotopic (exact) mass is 269 g/mol. The highest BCUT2D eigenvalue weighted by Crippen LogP contribution is 2.30. The van der Waals surface area contributed by atoms with E-state index in [4.69, 9.17) is 4.98 Å². The Labute approximate surface area is 115 Å². The van der Waals surface area contributed by atoms with Gasteiger partial charge in [0.1, 0.15) is 0 Å². The van der Waals surface area contributed by atoms with Gasteiger partial charge in [-0.3, -0.25) is 4.79 Å². The van der Waals surface area contributed by atoms with E-state index in [-0.39, 0.29) is 5.56 Å². The van der Waals surface area contributed by atoms with Crippen molar-refractivity contribution in [3.63, 3.8) is 0 Å². The minimum Gasteiger partial charge on any atom is -0.341 e. The molecule has 0 saturated carbocycles. The maximum Gasteiger partial charge on any atom is 0.264 e. The second-order valence-corrected chi connectivity index (χ2v) is 5.33. The van der Waals surface area contributed by atoms with E-state index in [2.05, 4.69) is 20.1 Å². The number of anilines is 1. The lowest BCUT2D eigenvalue weighted by molar-refractivity contribution is 0.822. The van der Waals surface area contributed by atoms with E-state index < -0.39 is 0 Å². The van der Waals surface area contributed by atoms with Crippen molar-refractivity contribution in [3.05, 3.63) is 33.9 Å². The molecule has 0 amide bonds. The lowest BCUT2D eigenvalue weighted by Gasteiger charge is -2.20. The lowest BCUT2D eigenvalue weighted by Crippen LogP contribution is -2.22. The summed E-state index contributed by atoms with van der Waals surface area (Å²) in [5.74, 6) is 0.828. The number of aromatic nitrogens is 4. The van der Waals surface area contributed by atoms with E-state index in [1.807, 2.05) is 6.20 Å². The third kappa shape index (κ3) is 1.79. The Bertz CT molecular complexity index is 718. The van der Waals surface area contributed by atoms with Gasteiger partial charge in [-0.05, 0) is 31.2 Å². The van der Waals surface area contributed by atoms with Crippen LogP contribution in [0, 0.1) is 0 Å². The summed E-state index contributed by atoms with van der Waals surface area (Å²) in [6.45, 7) is 2.09. The maximum absolute atomic E-state index is 11.3. The Morgan fingerprint density at radius 3 is 2.90 bits per heavy atom. The number of hydrogen-bond donors (Lipinski definition) is 1. The summed E-state index contributed by atoms with van der Waals surface area (Å²) in [6, 6.07) is 1.62. The molecule has 3 heterocycles. The second-order valence-electron chi connectivity index (χ2n) is 5.33. The van der Waals surface area contributed by atoms with Crippen LogP contribution < -0.4 is 10.5 Å². The van der Waals surface area contributed by atoms with Crippen LogP contribution in [0.25, 0.3) is 11.3 Å². The Hall–Kier alpha value is -2.24. The number of H-pyrrole nitrogens is 1. The molecule has 1 aliphatic heterocycles. The van der Waals surface area contributed by atoms with Gasteiger partial charge in [-0.1, -0.05) is 0 Å². The SMILES string of the molecule is O=c1cc2c(n[nH]1)-c1cnc(N3CCCC3)nc1CC2. The average Bonchev–Trinajstić information content (AvgIpc) is 3.00. The molecule has 0 aromatic carbocycles. The number of rotatable bonds is 1. The predicted molar refractivity (Wildman–Crippen MR) is 74.7 cm³/mol. The fourth-order valence-electron chi connectivity index (χ4n) is 2.98. The summed E-state index contributed by atoms with van der Waals surface area (Å²) in [6.07, 6.45) is 5.93. The zero-order valence-electron chi connectivity index (χ0n) is 11.1. The minimum atomic E-state index is -0.151. The van der Waals surface area contributed by atoms with Crippen LogP contribution in [0.1, 0.15) is 24.1 Å². The van der Waals surface area contributed by atoms with Crippen molar-refractivity contribution in [1.82, 2.24) is 20.2 Å². The van der Waals surface area contributed by atoms with E-state index in [1.54, 1.807) is 6.07 Å². The minimum absolute atomic E-state index is 0.151. The van der Waals surface area contributed by atoms with Gasteiger partial charge in [0.2, 0.25) is 5.95 Å². The van der Waals surface area contributed by atoms with Crippen molar-refractivity contribution in [3.8, 4) is 11.3 Å². The molecule has 1 fully saturated rings. The predicted octanol–water partition coefficient (Wildman–Crippen LogP) is 0.926. The quantitative estimate of drug-likeness (QED) is 0.833. The lowest BCUT2D eigenvalue weighted by atomic mass is 9.94. The molecule has 1 N–H and O–H groups in total. The van der Waals surface area contributed by atoms with Crippen LogP contribution in [0.5, 0.6) is 0 Å². The van der Waals surface area contributed by atoms with E-state index in [1.165, 1.54) is 12.8 Å². The van der Waals surface area contributed by atoms with Gasteiger partial charge >= 0.3 is 0 Å². The zero-order valence-corrected chi connectivity index (χ0v) is 11.1. The average molecular weight is 269 g/mol. The summed E-state index contributed by atoms with van der Waals surface area (Å²) < 4.78 is 0. The fourth-order valence-corrected chi connectivity index (χ4v) is 2.98. The van der Waals surface area contributed by atoms with Gasteiger partial charge in [-0.2, -0.15) is 5.10 Å². The van der Waals surface area contributed by atoms with Crippen molar-refractivity contribution < 1.29 is 0 Å². The molecule has 0 radical (unpaired) electrons. The van der Waals surface area contributed by atoms with Crippen LogP contribution in [0.15, 0.2) is 17.1 Å². The molecular weight excluding hydrogens is 254 g/mol. The van der Waals surface area contributed by atoms with Crippen molar-refractivity contribution in [2.24, 2.45) is 0 Å². The molecule has 1 saturated heterocycles. The highest BCUT2D eigenvalue weighted by Gasteiger charge is 2.22. The molecule has 102 valence electrons. The van der Waals surface area contributed by atoms with Crippen molar-refractivity contribution in [1.29, 1.82) is 0 Å². The smallest absolute Gasteiger partial charge is 0.264 e. The molecule has 2 aromatic rings. The molecule has 0 spiro atoms. The Kier molecular flexibility index (Phi) is 2.55. The van der Waals surface area contributed by atoms with E-state index in [0.717, 1.165) is 54.4 Å². The van der Waals surface area contributed by atoms with Crippen LogP contribution in [-0.2, 0) is 12.8 Å². The molecule has 0 bridgehead atoms. The summed E-state index contributed by atoms with van der Waals surface area (Å²) in [5.41, 5.74) is 3.64. The molecule has 6 nitrogen and oxygen atoms in total. The zero-order chi connectivity index (χ0) is 13.5. The highest BCUT2D eigenvalue weighted by atomic mass is 16.1. The molecule has 20 heavy (non-hydrogen) atoms. The highest BCUT2D eigenvalue weighted by molar-refractivity contribution is 5.67. The third-order valence-corrected chi connectivity index (χ3v) is 4.02. The van der Waals surface area contributed by atoms with Gasteiger partial charge in [0, 0.05) is 30.9 Å². The van der Waals surface area contributed by atoms with Gasteiger partial charge in [0.25, 0.3) is 5.56 Å². The largest absolute Gasteiger partial charge is 0.341 e. The molecule has 2 aromatic heterocycles. The molecule has 4 rings (SSSR count). The maximum atomic E-state index is 11.3. The second kappa shape index (κ2) is 4.40. The summed E-state index contributed by atoms with van der Waals surface area (Å²) in [4.78, 5) is 22.7. The first kappa shape index (κ1) is 11.6. The molecule has 0 atom stereocenters. The first-order chi connectivity index (χ1) is 9.81. The molecule has 0 unspecified atom stereocenters. The summed E-state index contributed by atoms with van der Waals surface area (Å²) >= 11 is 0. The van der Waals surface area contributed by atoms with Crippen molar-refractivity contribution in [2.75, 3.05) is 18.0 Å². The Morgan fingerprint density at radius 2 is 2.05 bits per heavy atom. The van der Waals surface area contributed by atoms with Crippen molar-refractivity contribution >= 4 is 5.95 Å². The van der Waals surface area contributed by atoms with E-state index >= 15 is 0 Å². The van der Waals surface area contributed by atoms with Gasteiger partial charge in [-0.25, -0.2) is 15.1 Å². The molecule has 2 aliphatic rings. The Balaban J connectivity index is 1.78. The van der Waals surface area contributed by atoms with Gasteiger partial charge in [0.05, 0.1) is 11.4 Å². The summed E-state index contributed by atoms with van der Waals surface area (Å²) in [5, 5.41) is 6.65. The van der Waals surface area contributed by atoms with Gasteiger partial charge in [-0.15, -0.1) is 0 Å². The number of aryl methyl sites for hydroxylation is 2. The van der Waals surface area contributed by atoms with E-state index in [0.29, 0.717) is 0 Å². The van der Waals surface area contributed by atoms with Gasteiger partial charge in [0.15, 0.2) is 0 Å². The van der Waals surface area contributed by atoms with Crippen LogP contribution in [0.4, 0.5) is 5.95 Å². The van der Waals surface area contributed by atoms with Crippen molar-refractivity contribution in [2.45, 2.75) is 25.7 Å². The molecule has 1 aliphatic carbocycles. The third-order valence-electron chi connectivity index (χ3n) is 4.02. The summed E-state index contributed by atoms with van der Waals surface area (Å²) in [7, 11) is 0. The van der Waals surface area contributed by atoms with Crippen LogP contribution in [0.3, 0.4) is 0 Å². The molecule has 6 heteroatoms. The number of hydrogen-bond acceptors (Lipinski definition) is 5. The fraction of sp³-hybridized carbons (Fsp3) is 0.429. The van der Waals surface area contributed by atoms with E-state index in [9.17, 15) is 4.79 Å². The number of nitrogens with one attached hydrogen (secondary N) is 1. The first-order valence-corrected chi connectivity index (χ1v) is 7.01. The first-order valence-electron chi connectivity index (χ1n) is 7.01.